The summed E-state index contributed by atoms with van der Waals surface area (Å²) in [4.78, 5) is 0. The van der Waals surface area contributed by atoms with Gasteiger partial charge in [-0.3, -0.25) is 0 Å². The fourth-order valence-corrected chi connectivity index (χ4v) is 1.20. The number of nitrogens with two attached hydrogens (primary N) is 1. The van der Waals surface area contributed by atoms with Gasteiger partial charge >= 0.3 is 0 Å². The Kier molecular flexibility index (Phi) is 2.49. The summed E-state index contributed by atoms with van der Waals surface area (Å²) in [5.74, 6) is 0. The summed E-state index contributed by atoms with van der Waals surface area (Å²) in [5.41, 5.74) is 5.75. The van der Waals surface area contributed by atoms with Crippen LogP contribution in [0.2, 0.25) is 0 Å². The van der Waals surface area contributed by atoms with Crippen molar-refractivity contribution < 1.29 is 4.74 Å². The Balaban J connectivity index is 2.24. The summed E-state index contributed by atoms with van der Waals surface area (Å²) >= 11 is 0. The Morgan fingerprint density at radius 1 is 1.78 bits per heavy atom. The van der Waals surface area contributed by atoms with Gasteiger partial charge in [0.1, 0.15) is 0 Å². The normalized spacial score (nSPS) is 30.7. The smallest absolute Gasteiger partial charge is 0.0726 e. The van der Waals surface area contributed by atoms with Crippen molar-refractivity contribution in [1.82, 2.24) is 0 Å². The lowest BCUT2D eigenvalue weighted by Gasteiger charge is -2.15. The Morgan fingerprint density at radius 3 is 3.00 bits per heavy atom. The highest BCUT2D eigenvalue weighted by molar-refractivity contribution is 4.75. The molecule has 0 aromatic heterocycles. The minimum Gasteiger partial charge on any atom is -0.377 e. The van der Waals surface area contributed by atoms with Crippen LogP contribution in [-0.4, -0.2) is 18.8 Å². The lowest BCUT2D eigenvalue weighted by molar-refractivity contribution is 0.0889. The lowest BCUT2D eigenvalue weighted by atomic mass is 10.1. The molecule has 0 spiro atoms. The second-order valence-electron chi connectivity index (χ2n) is 2.62. The summed E-state index contributed by atoms with van der Waals surface area (Å²) in [6, 6.07) is 0.271. The molecule has 0 aromatic carbocycles. The molecule has 0 bridgehead atoms. The van der Waals surface area contributed by atoms with E-state index in [4.69, 9.17) is 10.5 Å². The molecular weight excluding hydrogens is 114 g/mol. The average molecular weight is 129 g/mol. The van der Waals surface area contributed by atoms with Gasteiger partial charge in [-0.05, 0) is 19.3 Å². The second kappa shape index (κ2) is 3.18. The molecule has 1 heterocycles. The van der Waals surface area contributed by atoms with E-state index in [2.05, 4.69) is 6.92 Å². The van der Waals surface area contributed by atoms with Gasteiger partial charge < -0.3 is 10.5 Å². The fourth-order valence-electron chi connectivity index (χ4n) is 1.20. The maximum Gasteiger partial charge on any atom is 0.0726 e. The highest BCUT2D eigenvalue weighted by atomic mass is 16.5. The molecule has 2 atom stereocenters. The van der Waals surface area contributed by atoms with Crippen LogP contribution in [0.1, 0.15) is 26.2 Å². The van der Waals surface area contributed by atoms with Crippen LogP contribution in [0.25, 0.3) is 0 Å². The van der Waals surface area contributed by atoms with Crippen LogP contribution < -0.4 is 5.73 Å². The molecule has 1 fully saturated rings. The molecule has 2 heteroatoms. The van der Waals surface area contributed by atoms with Crippen LogP contribution in [-0.2, 0) is 4.74 Å². The van der Waals surface area contributed by atoms with Crippen LogP contribution in [0.5, 0.6) is 0 Å². The Morgan fingerprint density at radius 2 is 2.56 bits per heavy atom. The molecule has 1 aliphatic rings. The van der Waals surface area contributed by atoms with Gasteiger partial charge in [0.2, 0.25) is 0 Å². The van der Waals surface area contributed by atoms with Crippen molar-refractivity contribution in [2.45, 2.75) is 38.3 Å². The van der Waals surface area contributed by atoms with E-state index in [1.165, 1.54) is 6.42 Å². The van der Waals surface area contributed by atoms with Crippen molar-refractivity contribution >= 4 is 0 Å². The molecule has 0 aromatic rings. The standard InChI is InChI=1S/C7H15NO/c1-2-6(8)7-4-3-5-9-7/h6-7H,2-5,8H2,1H3. The van der Waals surface area contributed by atoms with Crippen molar-refractivity contribution in [3.05, 3.63) is 0 Å². The molecule has 1 saturated heterocycles. The molecule has 0 radical (unpaired) electrons. The Hall–Kier alpha value is -0.0800. The summed E-state index contributed by atoms with van der Waals surface area (Å²) in [7, 11) is 0. The lowest BCUT2D eigenvalue weighted by Crippen LogP contribution is -2.33. The predicted molar refractivity (Wildman–Crippen MR) is 37.2 cm³/mol. The first-order chi connectivity index (χ1) is 4.34. The maximum absolute atomic E-state index is 5.75. The van der Waals surface area contributed by atoms with Gasteiger partial charge in [0.25, 0.3) is 0 Å². The van der Waals surface area contributed by atoms with Crippen molar-refractivity contribution in [2.24, 2.45) is 5.73 Å². The highest BCUT2D eigenvalue weighted by Gasteiger charge is 2.20. The molecule has 2 unspecified atom stereocenters. The van der Waals surface area contributed by atoms with E-state index in [1.54, 1.807) is 0 Å². The molecule has 54 valence electrons. The monoisotopic (exact) mass is 129 g/mol. The number of rotatable bonds is 2. The van der Waals surface area contributed by atoms with Gasteiger partial charge in [0.05, 0.1) is 6.10 Å². The number of ether oxygens (including phenoxy) is 1. The molecule has 0 aliphatic carbocycles. The van der Waals surface area contributed by atoms with Gasteiger partial charge in [-0.1, -0.05) is 6.92 Å². The molecule has 0 amide bonds. The first-order valence-electron chi connectivity index (χ1n) is 3.71. The van der Waals surface area contributed by atoms with Crippen molar-refractivity contribution in [2.75, 3.05) is 6.61 Å². The minimum atomic E-state index is 0.271. The largest absolute Gasteiger partial charge is 0.377 e. The summed E-state index contributed by atoms with van der Waals surface area (Å²) in [5, 5.41) is 0. The van der Waals surface area contributed by atoms with Crippen molar-refractivity contribution in [3.63, 3.8) is 0 Å². The van der Waals surface area contributed by atoms with Crippen LogP contribution >= 0.6 is 0 Å². The van der Waals surface area contributed by atoms with Crippen LogP contribution in [0.4, 0.5) is 0 Å². The van der Waals surface area contributed by atoms with Crippen LogP contribution in [0, 0.1) is 0 Å². The third-order valence-electron chi connectivity index (χ3n) is 1.91. The SMILES string of the molecule is CCC(N)C1CCCO1. The quantitative estimate of drug-likeness (QED) is 0.601. The zero-order valence-electron chi connectivity index (χ0n) is 5.97. The third-order valence-corrected chi connectivity index (χ3v) is 1.91. The molecular formula is C7H15NO. The van der Waals surface area contributed by atoms with Crippen LogP contribution in [0.3, 0.4) is 0 Å². The van der Waals surface area contributed by atoms with Crippen LogP contribution in [0.15, 0.2) is 0 Å². The molecule has 1 rings (SSSR count). The van der Waals surface area contributed by atoms with Crippen molar-refractivity contribution in [1.29, 1.82) is 0 Å². The predicted octanol–water partition coefficient (Wildman–Crippen LogP) is 0.903. The Labute approximate surface area is 56.4 Å². The maximum atomic E-state index is 5.75. The van der Waals surface area contributed by atoms with E-state index in [9.17, 15) is 0 Å². The second-order valence-corrected chi connectivity index (χ2v) is 2.62. The average Bonchev–Trinajstić information content (AvgIpc) is 2.37. The summed E-state index contributed by atoms with van der Waals surface area (Å²) in [6.07, 6.45) is 3.74. The first-order valence-corrected chi connectivity index (χ1v) is 3.71. The summed E-state index contributed by atoms with van der Waals surface area (Å²) in [6.45, 7) is 3.02. The topological polar surface area (TPSA) is 35.2 Å². The fraction of sp³-hybridized carbons (Fsp3) is 1.00. The van der Waals surface area contributed by atoms with E-state index in [1.807, 2.05) is 0 Å². The molecule has 0 saturated carbocycles. The highest BCUT2D eigenvalue weighted by Crippen LogP contribution is 2.15. The van der Waals surface area contributed by atoms with Gasteiger partial charge in [-0.25, -0.2) is 0 Å². The first kappa shape index (κ1) is 7.03. The minimum absolute atomic E-state index is 0.271. The zero-order valence-corrected chi connectivity index (χ0v) is 5.97. The Bertz CT molecular complexity index is 79.0. The van der Waals surface area contributed by atoms with Gasteiger partial charge in [-0.15, -0.1) is 0 Å². The summed E-state index contributed by atoms with van der Waals surface area (Å²) < 4.78 is 5.38. The zero-order chi connectivity index (χ0) is 6.69. The van der Waals surface area contributed by atoms with E-state index in [-0.39, 0.29) is 6.04 Å². The van der Waals surface area contributed by atoms with Gasteiger partial charge in [-0.2, -0.15) is 0 Å². The van der Waals surface area contributed by atoms with E-state index in [0.717, 1.165) is 19.4 Å². The third kappa shape index (κ3) is 1.66. The van der Waals surface area contributed by atoms with E-state index in [0.29, 0.717) is 6.10 Å². The van der Waals surface area contributed by atoms with Gasteiger partial charge in [0.15, 0.2) is 0 Å². The van der Waals surface area contributed by atoms with Crippen molar-refractivity contribution in [3.8, 4) is 0 Å². The number of hydrogen-bond acceptors (Lipinski definition) is 2. The van der Waals surface area contributed by atoms with E-state index >= 15 is 0 Å². The molecule has 2 nitrogen and oxygen atoms in total. The molecule has 2 N–H and O–H groups in total. The number of hydrogen-bond donors (Lipinski definition) is 1. The van der Waals surface area contributed by atoms with Gasteiger partial charge in [0, 0.05) is 12.6 Å². The molecule has 9 heavy (non-hydrogen) atoms. The molecule has 1 aliphatic heterocycles. The van der Waals surface area contributed by atoms with E-state index < -0.39 is 0 Å².